The number of piperazine rings is 1. The van der Waals surface area contributed by atoms with Crippen molar-refractivity contribution >= 4 is 40.7 Å². The smallest absolute Gasteiger partial charge is 0.119 e. The van der Waals surface area contributed by atoms with Gasteiger partial charge in [0.1, 0.15) is 5.75 Å². The van der Waals surface area contributed by atoms with E-state index in [1.807, 2.05) is 18.2 Å². The molecule has 1 N–H and O–H groups in total. The Morgan fingerprint density at radius 3 is 2.55 bits per heavy atom. The lowest BCUT2D eigenvalue weighted by Gasteiger charge is -2.34. The standard InChI is InChI=1S/C14H19BrN2O.2ClH/c1-3-14(17-8-6-16-7-9-17)12-10-11(18-2)4-5-13(12)15;;/h3-5,10,14,16H,1,6-9H2,2H3;2*1H/t14-;;/m0../s1. The average Bonchev–Trinajstić information content (AvgIpc) is 2.43. The van der Waals surface area contributed by atoms with Gasteiger partial charge in [-0.05, 0) is 23.8 Å². The van der Waals surface area contributed by atoms with E-state index in [0.717, 1.165) is 36.4 Å². The molecule has 0 radical (unpaired) electrons. The molecule has 1 heterocycles. The van der Waals surface area contributed by atoms with Gasteiger partial charge in [0.15, 0.2) is 0 Å². The molecule has 2 rings (SSSR count). The number of ether oxygens (including phenoxy) is 1. The van der Waals surface area contributed by atoms with E-state index in [1.54, 1.807) is 7.11 Å². The summed E-state index contributed by atoms with van der Waals surface area (Å²) in [6, 6.07) is 6.31. The second-order valence-electron chi connectivity index (χ2n) is 4.35. The summed E-state index contributed by atoms with van der Waals surface area (Å²) < 4.78 is 6.41. The lowest BCUT2D eigenvalue weighted by molar-refractivity contribution is 0.203. The monoisotopic (exact) mass is 382 g/mol. The van der Waals surface area contributed by atoms with E-state index in [4.69, 9.17) is 4.74 Å². The zero-order chi connectivity index (χ0) is 13.0. The number of benzene rings is 1. The predicted octanol–water partition coefficient (Wildman–Crippen LogP) is 3.43. The average molecular weight is 384 g/mol. The van der Waals surface area contributed by atoms with Crippen molar-refractivity contribution in [2.24, 2.45) is 0 Å². The quantitative estimate of drug-likeness (QED) is 0.806. The molecule has 0 bridgehead atoms. The molecule has 6 heteroatoms. The van der Waals surface area contributed by atoms with Gasteiger partial charge in [0.2, 0.25) is 0 Å². The van der Waals surface area contributed by atoms with Crippen LogP contribution in [0.2, 0.25) is 0 Å². The Bertz CT molecular complexity index is 426. The first kappa shape index (κ1) is 19.7. The van der Waals surface area contributed by atoms with Gasteiger partial charge in [-0.25, -0.2) is 0 Å². The van der Waals surface area contributed by atoms with E-state index in [-0.39, 0.29) is 30.9 Å². The molecule has 1 aromatic rings. The van der Waals surface area contributed by atoms with Crippen molar-refractivity contribution in [3.63, 3.8) is 0 Å². The Hall–Kier alpha value is -0.260. The molecule has 1 aromatic carbocycles. The molecule has 0 aromatic heterocycles. The summed E-state index contributed by atoms with van der Waals surface area (Å²) in [6.45, 7) is 8.14. The zero-order valence-electron chi connectivity index (χ0n) is 11.5. The molecule has 0 saturated carbocycles. The third-order valence-corrected chi connectivity index (χ3v) is 4.01. The molecule has 1 saturated heterocycles. The molecular weight excluding hydrogens is 363 g/mol. The summed E-state index contributed by atoms with van der Waals surface area (Å²) in [7, 11) is 1.70. The maximum Gasteiger partial charge on any atom is 0.119 e. The number of nitrogens with one attached hydrogen (secondary N) is 1. The van der Waals surface area contributed by atoms with Crippen LogP contribution in [0.3, 0.4) is 0 Å². The Morgan fingerprint density at radius 2 is 2.00 bits per heavy atom. The van der Waals surface area contributed by atoms with E-state index in [0.29, 0.717) is 0 Å². The second kappa shape index (κ2) is 9.64. The molecule has 1 atom stereocenters. The number of halogens is 3. The van der Waals surface area contributed by atoms with Gasteiger partial charge in [0, 0.05) is 30.7 Å². The van der Waals surface area contributed by atoms with Crippen molar-refractivity contribution in [2.45, 2.75) is 6.04 Å². The van der Waals surface area contributed by atoms with E-state index < -0.39 is 0 Å². The van der Waals surface area contributed by atoms with E-state index >= 15 is 0 Å². The molecule has 0 unspecified atom stereocenters. The number of methoxy groups -OCH3 is 1. The van der Waals surface area contributed by atoms with Crippen molar-refractivity contribution in [1.82, 2.24) is 10.2 Å². The molecule has 1 aliphatic rings. The summed E-state index contributed by atoms with van der Waals surface area (Å²) in [4.78, 5) is 2.43. The van der Waals surface area contributed by atoms with Gasteiger partial charge in [0.25, 0.3) is 0 Å². The first-order valence-corrected chi connectivity index (χ1v) is 6.96. The van der Waals surface area contributed by atoms with Crippen LogP contribution in [0.15, 0.2) is 35.3 Å². The third kappa shape index (κ3) is 4.64. The minimum Gasteiger partial charge on any atom is -0.497 e. The topological polar surface area (TPSA) is 24.5 Å². The van der Waals surface area contributed by atoms with Gasteiger partial charge in [0.05, 0.1) is 13.2 Å². The van der Waals surface area contributed by atoms with Gasteiger partial charge in [-0.3, -0.25) is 4.90 Å². The molecule has 114 valence electrons. The molecule has 1 fully saturated rings. The van der Waals surface area contributed by atoms with Gasteiger partial charge >= 0.3 is 0 Å². The molecule has 0 spiro atoms. The Balaban J connectivity index is 0.00000180. The molecule has 0 amide bonds. The fourth-order valence-electron chi connectivity index (χ4n) is 2.31. The Labute approximate surface area is 141 Å². The highest BCUT2D eigenvalue weighted by atomic mass is 79.9. The fourth-order valence-corrected chi connectivity index (χ4v) is 2.79. The van der Waals surface area contributed by atoms with Gasteiger partial charge < -0.3 is 10.1 Å². The minimum absolute atomic E-state index is 0. The van der Waals surface area contributed by atoms with Crippen LogP contribution in [0.1, 0.15) is 11.6 Å². The van der Waals surface area contributed by atoms with Crippen LogP contribution in [0.4, 0.5) is 0 Å². The van der Waals surface area contributed by atoms with E-state index in [1.165, 1.54) is 5.56 Å². The summed E-state index contributed by atoms with van der Waals surface area (Å²) in [5.74, 6) is 0.884. The van der Waals surface area contributed by atoms with Crippen LogP contribution in [-0.2, 0) is 0 Å². The molecule has 0 aliphatic carbocycles. The predicted molar refractivity (Wildman–Crippen MR) is 92.6 cm³/mol. The van der Waals surface area contributed by atoms with Crippen molar-refractivity contribution < 1.29 is 4.74 Å². The van der Waals surface area contributed by atoms with Gasteiger partial charge in [-0.15, -0.1) is 31.4 Å². The van der Waals surface area contributed by atoms with Crippen molar-refractivity contribution in [3.8, 4) is 5.75 Å². The van der Waals surface area contributed by atoms with Crippen LogP contribution in [0, 0.1) is 0 Å². The van der Waals surface area contributed by atoms with Crippen LogP contribution in [0.5, 0.6) is 5.75 Å². The van der Waals surface area contributed by atoms with E-state index in [2.05, 4.69) is 38.8 Å². The van der Waals surface area contributed by atoms with Crippen LogP contribution in [-0.4, -0.2) is 38.2 Å². The van der Waals surface area contributed by atoms with Crippen molar-refractivity contribution in [3.05, 3.63) is 40.9 Å². The number of rotatable bonds is 4. The first-order chi connectivity index (χ1) is 8.76. The highest BCUT2D eigenvalue weighted by Gasteiger charge is 2.21. The summed E-state index contributed by atoms with van der Waals surface area (Å²) in [6.07, 6.45) is 2.00. The van der Waals surface area contributed by atoms with Crippen LogP contribution >= 0.6 is 40.7 Å². The Morgan fingerprint density at radius 1 is 1.35 bits per heavy atom. The normalized spacial score (nSPS) is 16.5. The highest BCUT2D eigenvalue weighted by molar-refractivity contribution is 9.10. The number of nitrogens with zero attached hydrogens (tertiary/aromatic N) is 1. The van der Waals surface area contributed by atoms with Gasteiger partial charge in [-0.1, -0.05) is 22.0 Å². The van der Waals surface area contributed by atoms with Crippen molar-refractivity contribution in [2.75, 3.05) is 33.3 Å². The van der Waals surface area contributed by atoms with Crippen LogP contribution < -0.4 is 10.1 Å². The zero-order valence-corrected chi connectivity index (χ0v) is 14.7. The largest absolute Gasteiger partial charge is 0.497 e. The lowest BCUT2D eigenvalue weighted by atomic mass is 10.0. The third-order valence-electron chi connectivity index (χ3n) is 3.29. The molecule has 3 nitrogen and oxygen atoms in total. The summed E-state index contributed by atoms with van der Waals surface area (Å²) >= 11 is 3.62. The maximum absolute atomic E-state index is 5.31. The Kier molecular flexibility index (Phi) is 9.51. The second-order valence-corrected chi connectivity index (χ2v) is 5.21. The molecular formula is C14H21BrCl2N2O. The summed E-state index contributed by atoms with van der Waals surface area (Å²) in [5, 5.41) is 3.37. The summed E-state index contributed by atoms with van der Waals surface area (Å²) in [5.41, 5.74) is 1.21. The van der Waals surface area contributed by atoms with Gasteiger partial charge in [-0.2, -0.15) is 0 Å². The molecule has 20 heavy (non-hydrogen) atoms. The van der Waals surface area contributed by atoms with Crippen LogP contribution in [0.25, 0.3) is 0 Å². The lowest BCUT2D eigenvalue weighted by Crippen LogP contribution is -2.44. The van der Waals surface area contributed by atoms with Crippen molar-refractivity contribution in [1.29, 1.82) is 0 Å². The van der Waals surface area contributed by atoms with E-state index in [9.17, 15) is 0 Å². The first-order valence-electron chi connectivity index (χ1n) is 6.17. The number of hydrogen-bond acceptors (Lipinski definition) is 3. The fraction of sp³-hybridized carbons (Fsp3) is 0.429. The number of hydrogen-bond donors (Lipinski definition) is 1. The SMILES string of the molecule is C=C[C@@H](c1cc(OC)ccc1Br)N1CCNCC1.Cl.Cl. The maximum atomic E-state index is 5.31. The minimum atomic E-state index is 0. The highest BCUT2D eigenvalue weighted by Crippen LogP contribution is 2.32. The molecule has 1 aliphatic heterocycles.